The predicted octanol–water partition coefficient (Wildman–Crippen LogP) is 2.99. The van der Waals surface area contributed by atoms with E-state index in [1.54, 1.807) is 12.1 Å². The van der Waals surface area contributed by atoms with Crippen LogP contribution in [0.15, 0.2) is 24.3 Å². The monoisotopic (exact) mass is 396 g/mol. The summed E-state index contributed by atoms with van der Waals surface area (Å²) in [6, 6.07) is 6.73. The van der Waals surface area contributed by atoms with Crippen molar-refractivity contribution in [2.75, 3.05) is 20.2 Å². The Morgan fingerprint density at radius 1 is 1.14 bits per heavy atom. The first-order chi connectivity index (χ1) is 13.2. The standard InChI is InChI=1S/C20H23F3N2O3/c1-28-17(26)14-4-2-13(3-5-14)10-24-11-19(12-24)8-16(9-19)25(15-6-7-15)18(27)20(21,22)23/h2-5,15-16H,6-12H2,1H3. The highest BCUT2D eigenvalue weighted by Gasteiger charge is 2.58. The number of likely N-dealkylation sites (tertiary alicyclic amines) is 1. The Morgan fingerprint density at radius 3 is 2.25 bits per heavy atom. The van der Waals surface area contributed by atoms with E-state index in [1.807, 2.05) is 12.1 Å². The molecule has 1 heterocycles. The summed E-state index contributed by atoms with van der Waals surface area (Å²) < 4.78 is 43.3. The van der Waals surface area contributed by atoms with Gasteiger partial charge in [-0.05, 0) is 48.8 Å². The highest BCUT2D eigenvalue weighted by atomic mass is 19.4. The van der Waals surface area contributed by atoms with E-state index < -0.39 is 12.1 Å². The third-order valence-electron chi connectivity index (χ3n) is 6.05. The molecule has 152 valence electrons. The number of hydrogen-bond donors (Lipinski definition) is 0. The van der Waals surface area contributed by atoms with E-state index >= 15 is 0 Å². The number of halogens is 3. The second-order valence-electron chi connectivity index (χ2n) is 8.34. The van der Waals surface area contributed by atoms with Gasteiger partial charge in [-0.3, -0.25) is 9.69 Å². The molecule has 0 aromatic heterocycles. The van der Waals surface area contributed by atoms with Crippen LogP contribution in [0.5, 0.6) is 0 Å². The Bertz CT molecular complexity index is 760. The van der Waals surface area contributed by atoms with E-state index in [4.69, 9.17) is 0 Å². The summed E-state index contributed by atoms with van der Waals surface area (Å²) in [5.41, 5.74) is 1.63. The van der Waals surface area contributed by atoms with Crippen molar-refractivity contribution in [1.82, 2.24) is 9.80 Å². The van der Waals surface area contributed by atoms with Crippen molar-refractivity contribution in [3.63, 3.8) is 0 Å². The van der Waals surface area contributed by atoms with Crippen molar-refractivity contribution in [3.05, 3.63) is 35.4 Å². The first kappa shape index (κ1) is 19.2. The van der Waals surface area contributed by atoms with Crippen LogP contribution in [0.25, 0.3) is 0 Å². The fraction of sp³-hybridized carbons (Fsp3) is 0.600. The average molecular weight is 396 g/mol. The van der Waals surface area contributed by atoms with Crippen LogP contribution in [0.1, 0.15) is 41.6 Å². The Labute approximate surface area is 161 Å². The molecule has 0 atom stereocenters. The van der Waals surface area contributed by atoms with Crippen LogP contribution >= 0.6 is 0 Å². The molecule has 0 bridgehead atoms. The van der Waals surface area contributed by atoms with Crippen LogP contribution < -0.4 is 0 Å². The fourth-order valence-corrected chi connectivity index (χ4v) is 4.66. The Kier molecular flexibility index (Phi) is 4.64. The van der Waals surface area contributed by atoms with Crippen LogP contribution in [0, 0.1) is 5.41 Å². The Balaban J connectivity index is 1.28. The number of nitrogens with zero attached hydrogens (tertiary/aromatic N) is 2. The summed E-state index contributed by atoms with van der Waals surface area (Å²) in [5.74, 6) is -2.04. The lowest BCUT2D eigenvalue weighted by Crippen LogP contribution is -2.67. The maximum Gasteiger partial charge on any atom is 0.471 e. The minimum atomic E-state index is -4.78. The molecule has 4 rings (SSSR count). The minimum absolute atomic E-state index is 0.0512. The summed E-state index contributed by atoms with van der Waals surface area (Å²) in [6.45, 7) is 2.41. The molecule has 1 spiro atoms. The molecule has 1 aliphatic heterocycles. The molecule has 1 aromatic carbocycles. The van der Waals surface area contributed by atoms with Gasteiger partial charge in [0.25, 0.3) is 0 Å². The smallest absolute Gasteiger partial charge is 0.465 e. The summed E-state index contributed by atoms with van der Waals surface area (Å²) >= 11 is 0. The van der Waals surface area contributed by atoms with Gasteiger partial charge >= 0.3 is 18.1 Å². The van der Waals surface area contributed by atoms with Gasteiger partial charge in [0.05, 0.1) is 12.7 Å². The number of esters is 1. The molecule has 8 heteroatoms. The first-order valence-corrected chi connectivity index (χ1v) is 9.50. The molecule has 5 nitrogen and oxygen atoms in total. The maximum absolute atomic E-state index is 12.9. The van der Waals surface area contributed by atoms with Gasteiger partial charge in [-0.2, -0.15) is 13.2 Å². The maximum atomic E-state index is 12.9. The first-order valence-electron chi connectivity index (χ1n) is 9.50. The highest BCUT2D eigenvalue weighted by molar-refractivity contribution is 5.89. The van der Waals surface area contributed by atoms with E-state index in [0.29, 0.717) is 31.2 Å². The summed E-state index contributed by atoms with van der Waals surface area (Å²) in [7, 11) is 1.34. The number of carbonyl (C=O) groups is 2. The number of rotatable bonds is 5. The second kappa shape index (κ2) is 6.76. The van der Waals surface area contributed by atoms with Crippen molar-refractivity contribution < 1.29 is 27.5 Å². The van der Waals surface area contributed by atoms with Crippen molar-refractivity contribution in [3.8, 4) is 0 Å². The lowest BCUT2D eigenvalue weighted by atomic mass is 9.60. The van der Waals surface area contributed by atoms with Crippen LogP contribution in [0.3, 0.4) is 0 Å². The van der Waals surface area contributed by atoms with Crippen molar-refractivity contribution in [2.24, 2.45) is 5.41 Å². The number of amides is 1. The second-order valence-corrected chi connectivity index (χ2v) is 8.34. The van der Waals surface area contributed by atoms with Gasteiger partial charge in [-0.15, -0.1) is 0 Å². The molecule has 28 heavy (non-hydrogen) atoms. The third kappa shape index (κ3) is 3.62. The van der Waals surface area contributed by atoms with Crippen LogP contribution in [0.4, 0.5) is 13.2 Å². The number of methoxy groups -OCH3 is 1. The van der Waals surface area contributed by atoms with Crippen LogP contribution in [-0.4, -0.2) is 60.1 Å². The molecular formula is C20H23F3N2O3. The molecule has 0 unspecified atom stereocenters. The molecule has 1 saturated heterocycles. The topological polar surface area (TPSA) is 49.9 Å². The average Bonchev–Trinajstić information content (AvgIpc) is 3.41. The summed E-state index contributed by atoms with van der Waals surface area (Å²) in [6.07, 6.45) is -2.11. The van der Waals surface area contributed by atoms with Gasteiger partial charge < -0.3 is 9.64 Å². The number of alkyl halides is 3. The fourth-order valence-electron chi connectivity index (χ4n) is 4.66. The number of benzene rings is 1. The molecular weight excluding hydrogens is 373 g/mol. The Hall–Kier alpha value is -2.09. The van der Waals surface area contributed by atoms with Crippen LogP contribution in [-0.2, 0) is 16.1 Å². The van der Waals surface area contributed by atoms with E-state index in [-0.39, 0.29) is 23.5 Å². The quantitative estimate of drug-likeness (QED) is 0.718. The SMILES string of the molecule is COC(=O)c1ccc(CN2CC3(CC(N(C(=O)C(F)(F)F)C4CC4)C3)C2)cc1. The van der Waals surface area contributed by atoms with E-state index in [1.165, 1.54) is 7.11 Å². The Morgan fingerprint density at radius 2 is 1.75 bits per heavy atom. The van der Waals surface area contributed by atoms with E-state index in [0.717, 1.165) is 30.1 Å². The van der Waals surface area contributed by atoms with Crippen molar-refractivity contribution >= 4 is 11.9 Å². The lowest BCUT2D eigenvalue weighted by molar-refractivity contribution is -0.197. The zero-order chi connectivity index (χ0) is 20.1. The number of hydrogen-bond acceptors (Lipinski definition) is 4. The van der Waals surface area contributed by atoms with E-state index in [2.05, 4.69) is 9.64 Å². The lowest BCUT2D eigenvalue weighted by Gasteiger charge is -2.61. The normalized spacial score (nSPS) is 21.7. The third-order valence-corrected chi connectivity index (χ3v) is 6.05. The molecule has 1 amide bonds. The van der Waals surface area contributed by atoms with Gasteiger partial charge in [-0.25, -0.2) is 4.79 Å². The van der Waals surface area contributed by atoms with Crippen LogP contribution in [0.2, 0.25) is 0 Å². The molecule has 0 radical (unpaired) electrons. The summed E-state index contributed by atoms with van der Waals surface area (Å²) in [4.78, 5) is 26.6. The van der Waals surface area contributed by atoms with Crippen molar-refractivity contribution in [2.45, 2.75) is 50.5 Å². The zero-order valence-electron chi connectivity index (χ0n) is 15.7. The molecule has 1 aromatic rings. The zero-order valence-corrected chi connectivity index (χ0v) is 15.7. The largest absolute Gasteiger partial charge is 0.471 e. The van der Waals surface area contributed by atoms with Gasteiger partial charge in [0.15, 0.2) is 0 Å². The predicted molar refractivity (Wildman–Crippen MR) is 94.4 cm³/mol. The van der Waals surface area contributed by atoms with E-state index in [9.17, 15) is 22.8 Å². The molecule has 0 N–H and O–H groups in total. The number of ether oxygens (including phenoxy) is 1. The highest BCUT2D eigenvalue weighted by Crippen LogP contribution is 2.52. The molecule has 3 aliphatic rings. The van der Waals surface area contributed by atoms with Gasteiger partial charge in [-0.1, -0.05) is 12.1 Å². The van der Waals surface area contributed by atoms with Gasteiger partial charge in [0.2, 0.25) is 0 Å². The van der Waals surface area contributed by atoms with Gasteiger partial charge in [0, 0.05) is 31.7 Å². The minimum Gasteiger partial charge on any atom is -0.465 e. The molecule has 3 fully saturated rings. The molecule has 2 aliphatic carbocycles. The number of carbonyl (C=O) groups excluding carboxylic acids is 2. The molecule has 2 saturated carbocycles. The van der Waals surface area contributed by atoms with Gasteiger partial charge in [0.1, 0.15) is 0 Å². The summed E-state index contributed by atoms with van der Waals surface area (Å²) in [5, 5.41) is 0. The van der Waals surface area contributed by atoms with Crippen molar-refractivity contribution in [1.29, 1.82) is 0 Å².